The quantitative estimate of drug-likeness (QED) is 0.679. The highest BCUT2D eigenvalue weighted by atomic mass is 19.4. The Morgan fingerprint density at radius 2 is 1.85 bits per heavy atom. The number of nitrogens with zero attached hydrogens (tertiary/aromatic N) is 3. The first-order chi connectivity index (χ1) is 12.6. The molecule has 2 aliphatic rings. The molecule has 2 saturated carbocycles. The highest BCUT2D eigenvalue weighted by molar-refractivity contribution is 5.57. The lowest BCUT2D eigenvalue weighted by molar-refractivity contribution is -0.137. The molecule has 2 heterocycles. The van der Waals surface area contributed by atoms with Crippen LogP contribution in [0.1, 0.15) is 30.5 Å². The number of aromatic amines is 1. The Morgan fingerprint density at radius 1 is 1.19 bits per heavy atom. The average Bonchev–Trinajstić information content (AvgIpc) is 3.03. The molecule has 2 aromatic rings. The molecule has 1 unspecified atom stereocenters. The van der Waals surface area contributed by atoms with Gasteiger partial charge in [-0.2, -0.15) is 23.3 Å². The van der Waals surface area contributed by atoms with E-state index >= 15 is 0 Å². The highest BCUT2D eigenvalue weighted by Gasteiger charge is 2.69. The lowest BCUT2D eigenvalue weighted by Gasteiger charge is -2.12. The van der Waals surface area contributed by atoms with Gasteiger partial charge in [-0.05, 0) is 19.8 Å². The monoisotopic (exact) mass is 390 g/mol. The third-order valence-electron chi connectivity index (χ3n) is 4.80. The molecule has 0 aliphatic heterocycles. The van der Waals surface area contributed by atoms with Gasteiger partial charge >= 0.3 is 6.18 Å². The van der Waals surface area contributed by atoms with Crippen LogP contribution in [0.3, 0.4) is 0 Å². The fourth-order valence-corrected chi connectivity index (χ4v) is 3.24. The summed E-state index contributed by atoms with van der Waals surface area (Å²) in [5.74, 6) is -2.88. The Balaban J connectivity index is 0.000000216. The number of aryl methyl sites for hydroxylation is 1. The summed E-state index contributed by atoms with van der Waals surface area (Å²) in [6, 6.07) is 0. The van der Waals surface area contributed by atoms with Crippen molar-refractivity contribution >= 4 is 17.5 Å². The zero-order chi connectivity index (χ0) is 19.8. The second-order valence-corrected chi connectivity index (χ2v) is 6.56. The number of rotatable bonds is 3. The number of alkyl halides is 5. The van der Waals surface area contributed by atoms with Crippen LogP contribution < -0.4 is 10.6 Å². The van der Waals surface area contributed by atoms with Crippen molar-refractivity contribution in [1.29, 1.82) is 0 Å². The summed E-state index contributed by atoms with van der Waals surface area (Å²) < 4.78 is 62.4. The molecule has 2 fully saturated rings. The molecule has 3 N–H and O–H groups in total. The van der Waals surface area contributed by atoms with Crippen molar-refractivity contribution in [3.63, 3.8) is 0 Å². The smallest absolute Gasteiger partial charge is 0.372 e. The first kappa shape index (κ1) is 19.3. The molecule has 0 spiro atoms. The first-order valence-corrected chi connectivity index (χ1v) is 8.41. The van der Waals surface area contributed by atoms with E-state index in [1.807, 2.05) is 0 Å². The maximum absolute atomic E-state index is 12.7. The summed E-state index contributed by atoms with van der Waals surface area (Å²) in [6.45, 7) is 1.76. The third-order valence-corrected chi connectivity index (χ3v) is 4.80. The second-order valence-electron chi connectivity index (χ2n) is 6.56. The summed E-state index contributed by atoms with van der Waals surface area (Å²) in [5, 5.41) is 11.7. The molecular formula is C16H19F5N6. The topological polar surface area (TPSA) is 78.5 Å². The normalized spacial score (nSPS) is 22.5. The molecule has 0 radical (unpaired) electrons. The van der Waals surface area contributed by atoms with Crippen molar-refractivity contribution in [1.82, 2.24) is 20.2 Å². The number of fused-ring (bicyclic) bond motifs is 1. The van der Waals surface area contributed by atoms with E-state index in [2.05, 4.69) is 30.8 Å². The van der Waals surface area contributed by atoms with E-state index in [1.54, 1.807) is 6.92 Å². The van der Waals surface area contributed by atoms with E-state index < -0.39 is 17.7 Å². The molecule has 27 heavy (non-hydrogen) atoms. The predicted molar refractivity (Wildman–Crippen MR) is 89.0 cm³/mol. The minimum atomic E-state index is -4.50. The number of H-pyrrole nitrogens is 1. The zero-order valence-electron chi connectivity index (χ0n) is 14.7. The van der Waals surface area contributed by atoms with Gasteiger partial charge in [0, 0.05) is 25.1 Å². The van der Waals surface area contributed by atoms with Crippen LogP contribution in [0.5, 0.6) is 0 Å². The Bertz CT molecular complexity index is 791. The molecule has 148 valence electrons. The lowest BCUT2D eigenvalue weighted by Crippen LogP contribution is -2.12. The maximum atomic E-state index is 12.7. The number of hydrogen-bond donors (Lipinski definition) is 3. The molecule has 11 heteroatoms. The van der Waals surface area contributed by atoms with E-state index in [0.29, 0.717) is 5.69 Å². The van der Waals surface area contributed by atoms with Crippen molar-refractivity contribution in [2.45, 2.75) is 38.3 Å². The standard InChI is InChI=1S/C10H11F3N6.C6H8F2/c1-5-7(4-16-19-5)17-9-15-3-6(10(11,12)13)8(14-2)18-9;7-6(8)4-2-1-3-5(4)6/h3-4H,1-2H3,(H,16,19)(H2,14,15,17,18);4-5H,1-3H2/t;4-,5?/m.0/s1. The van der Waals surface area contributed by atoms with Gasteiger partial charge < -0.3 is 10.6 Å². The van der Waals surface area contributed by atoms with Crippen LogP contribution >= 0.6 is 0 Å². The van der Waals surface area contributed by atoms with Crippen molar-refractivity contribution in [3.8, 4) is 0 Å². The summed E-state index contributed by atoms with van der Waals surface area (Å²) in [6.07, 6.45) is 0.314. The number of aromatic nitrogens is 4. The SMILES string of the molecule is CNc1nc(Nc2cn[nH]c2C)ncc1C(F)(F)F.FC1(F)C2CCC[C@@H]21. The predicted octanol–water partition coefficient (Wildman–Crippen LogP) is 4.36. The second kappa shape index (κ2) is 6.93. The highest BCUT2D eigenvalue weighted by Crippen LogP contribution is 2.63. The van der Waals surface area contributed by atoms with E-state index in [9.17, 15) is 22.0 Å². The molecule has 2 atom stereocenters. The fourth-order valence-electron chi connectivity index (χ4n) is 3.24. The van der Waals surface area contributed by atoms with Crippen molar-refractivity contribution in [2.75, 3.05) is 17.7 Å². The van der Waals surface area contributed by atoms with Gasteiger partial charge in [0.2, 0.25) is 5.95 Å². The van der Waals surface area contributed by atoms with Gasteiger partial charge in [0.05, 0.1) is 17.6 Å². The Kier molecular flexibility index (Phi) is 4.96. The van der Waals surface area contributed by atoms with Crippen LogP contribution in [0.25, 0.3) is 0 Å². The zero-order valence-corrected chi connectivity index (χ0v) is 14.7. The summed E-state index contributed by atoms with van der Waals surface area (Å²) in [7, 11) is 1.37. The van der Waals surface area contributed by atoms with Gasteiger partial charge in [-0.1, -0.05) is 6.42 Å². The van der Waals surface area contributed by atoms with Crippen LogP contribution in [0, 0.1) is 18.8 Å². The van der Waals surface area contributed by atoms with Crippen molar-refractivity contribution < 1.29 is 22.0 Å². The number of nitrogens with one attached hydrogen (secondary N) is 3. The molecular weight excluding hydrogens is 371 g/mol. The largest absolute Gasteiger partial charge is 0.421 e. The van der Waals surface area contributed by atoms with Crippen molar-refractivity contribution in [3.05, 3.63) is 23.7 Å². The van der Waals surface area contributed by atoms with Crippen LogP contribution in [-0.4, -0.2) is 33.1 Å². The van der Waals surface area contributed by atoms with E-state index in [-0.39, 0.29) is 23.6 Å². The van der Waals surface area contributed by atoms with E-state index in [4.69, 9.17) is 0 Å². The Hall–Kier alpha value is -2.46. The minimum Gasteiger partial charge on any atom is -0.372 e. The molecule has 0 bridgehead atoms. The molecule has 4 rings (SSSR count). The summed E-state index contributed by atoms with van der Waals surface area (Å²) in [4.78, 5) is 7.42. The van der Waals surface area contributed by atoms with E-state index in [0.717, 1.165) is 31.2 Å². The molecule has 0 aromatic carbocycles. The Morgan fingerprint density at radius 3 is 2.30 bits per heavy atom. The van der Waals surface area contributed by atoms with Gasteiger partial charge in [-0.3, -0.25) is 5.10 Å². The Labute approximate surface area is 152 Å². The van der Waals surface area contributed by atoms with Gasteiger partial charge in [0.15, 0.2) is 0 Å². The third kappa shape index (κ3) is 3.96. The number of anilines is 3. The average molecular weight is 390 g/mol. The fraction of sp³-hybridized carbons (Fsp3) is 0.562. The van der Waals surface area contributed by atoms with Crippen LogP contribution in [0.4, 0.5) is 39.4 Å². The maximum Gasteiger partial charge on any atom is 0.421 e. The molecule has 6 nitrogen and oxygen atoms in total. The molecule has 2 aromatic heterocycles. The number of hydrogen-bond acceptors (Lipinski definition) is 5. The van der Waals surface area contributed by atoms with E-state index in [1.165, 1.54) is 13.2 Å². The number of halogens is 5. The van der Waals surface area contributed by atoms with Gasteiger partial charge in [-0.15, -0.1) is 0 Å². The molecule has 0 amide bonds. The molecule has 0 saturated heterocycles. The van der Waals surface area contributed by atoms with Gasteiger partial charge in [0.25, 0.3) is 5.92 Å². The van der Waals surface area contributed by atoms with Crippen molar-refractivity contribution in [2.24, 2.45) is 11.8 Å². The van der Waals surface area contributed by atoms with Crippen LogP contribution in [0.15, 0.2) is 12.4 Å². The summed E-state index contributed by atoms with van der Waals surface area (Å²) >= 11 is 0. The first-order valence-electron chi connectivity index (χ1n) is 8.41. The van der Waals surface area contributed by atoms with Gasteiger partial charge in [-0.25, -0.2) is 13.8 Å². The molecule has 2 aliphatic carbocycles. The van der Waals surface area contributed by atoms with Crippen LogP contribution in [-0.2, 0) is 6.18 Å². The summed E-state index contributed by atoms with van der Waals surface area (Å²) in [5.41, 5.74) is 0.417. The minimum absolute atomic E-state index is 0.0573. The van der Waals surface area contributed by atoms with Gasteiger partial charge in [0.1, 0.15) is 11.4 Å². The van der Waals surface area contributed by atoms with Crippen LogP contribution in [0.2, 0.25) is 0 Å². The lowest BCUT2D eigenvalue weighted by atomic mass is 10.2.